The summed E-state index contributed by atoms with van der Waals surface area (Å²) in [6.07, 6.45) is 11.4. The van der Waals surface area contributed by atoms with Crippen LogP contribution < -0.4 is 10.6 Å². The molecule has 2 N–H and O–H groups in total. The molecule has 3 aromatic rings. The summed E-state index contributed by atoms with van der Waals surface area (Å²) in [6.45, 7) is 8.10. The molecule has 2 aliphatic rings. The van der Waals surface area contributed by atoms with Gasteiger partial charge < -0.3 is 10.6 Å². The maximum absolute atomic E-state index is 13.6. The van der Waals surface area contributed by atoms with Crippen LogP contribution in [0.5, 0.6) is 0 Å². The molecular weight excluding hydrogens is 412 g/mol. The summed E-state index contributed by atoms with van der Waals surface area (Å²) in [4.78, 5) is 25.0. The second kappa shape index (κ2) is 9.23. The van der Waals surface area contributed by atoms with Crippen LogP contribution in [0.1, 0.15) is 54.9 Å². The first-order valence-corrected chi connectivity index (χ1v) is 12.2. The predicted octanol–water partition coefficient (Wildman–Crippen LogP) is 3.46. The molecular formula is C26H34N6O. The number of amides is 1. The van der Waals surface area contributed by atoms with E-state index in [-0.39, 0.29) is 11.4 Å². The van der Waals surface area contributed by atoms with Gasteiger partial charge in [-0.15, -0.1) is 0 Å². The summed E-state index contributed by atoms with van der Waals surface area (Å²) in [5, 5.41) is 7.88. The van der Waals surface area contributed by atoms with E-state index < -0.39 is 0 Å². The Morgan fingerprint density at radius 2 is 1.97 bits per heavy atom. The summed E-state index contributed by atoms with van der Waals surface area (Å²) in [5.74, 6) is 0.558. The number of piperazine rings is 1. The SMILES string of the molecule is Cc1cccc2c1c(C(=O)NCC1(N3CCNC(C)C3)CCCCC1)cn2-c1ncccn1. The number of nitrogens with zero attached hydrogens (tertiary/aromatic N) is 4. The fraction of sp³-hybridized carbons (Fsp3) is 0.500. The van der Waals surface area contributed by atoms with Crippen molar-refractivity contribution in [3.05, 3.63) is 54.0 Å². The molecule has 1 atom stereocenters. The Morgan fingerprint density at radius 1 is 1.18 bits per heavy atom. The number of aryl methyl sites for hydroxylation is 1. The van der Waals surface area contributed by atoms with E-state index in [0.717, 1.165) is 48.9 Å². The van der Waals surface area contributed by atoms with Crippen molar-refractivity contribution in [3.8, 4) is 5.95 Å². The number of aromatic nitrogens is 3. The standard InChI is InChI=1S/C26H34N6O/c1-19-8-6-9-22-23(19)21(17-32(22)25-28-12-7-13-29-25)24(33)30-18-26(10-4-3-5-11-26)31-15-14-27-20(2)16-31/h6-9,12-13,17,20,27H,3-5,10-11,14-16,18H2,1-2H3,(H,30,33). The van der Waals surface area contributed by atoms with Crippen LogP contribution >= 0.6 is 0 Å². The largest absolute Gasteiger partial charge is 0.350 e. The summed E-state index contributed by atoms with van der Waals surface area (Å²) in [5.41, 5.74) is 2.78. The molecule has 7 nitrogen and oxygen atoms in total. The van der Waals surface area contributed by atoms with Crippen molar-refractivity contribution in [2.24, 2.45) is 0 Å². The predicted molar refractivity (Wildman–Crippen MR) is 131 cm³/mol. The monoisotopic (exact) mass is 446 g/mol. The van der Waals surface area contributed by atoms with Crippen molar-refractivity contribution in [2.75, 3.05) is 26.2 Å². The topological polar surface area (TPSA) is 75.1 Å². The highest BCUT2D eigenvalue weighted by Gasteiger charge is 2.39. The van der Waals surface area contributed by atoms with Crippen LogP contribution in [0.15, 0.2) is 42.9 Å². The van der Waals surface area contributed by atoms with Crippen LogP contribution in [-0.4, -0.2) is 63.1 Å². The number of hydrogen-bond acceptors (Lipinski definition) is 5. The zero-order valence-corrected chi connectivity index (χ0v) is 19.7. The fourth-order valence-corrected chi connectivity index (χ4v) is 5.74. The minimum Gasteiger partial charge on any atom is -0.350 e. The van der Waals surface area contributed by atoms with Crippen molar-refractivity contribution >= 4 is 16.8 Å². The Labute approximate surface area is 195 Å². The molecule has 2 aromatic heterocycles. The molecule has 1 aromatic carbocycles. The maximum Gasteiger partial charge on any atom is 0.253 e. The highest BCUT2D eigenvalue weighted by molar-refractivity contribution is 6.08. The first kappa shape index (κ1) is 22.0. The summed E-state index contributed by atoms with van der Waals surface area (Å²) in [7, 11) is 0. The van der Waals surface area contributed by atoms with Crippen LogP contribution in [0, 0.1) is 6.92 Å². The first-order chi connectivity index (χ1) is 16.1. The van der Waals surface area contributed by atoms with Gasteiger partial charge in [0.25, 0.3) is 5.91 Å². The Bertz CT molecular complexity index is 1120. The fourth-order valence-electron chi connectivity index (χ4n) is 5.74. The van der Waals surface area contributed by atoms with Crippen LogP contribution in [0.3, 0.4) is 0 Å². The third-order valence-electron chi connectivity index (χ3n) is 7.45. The number of carbonyl (C=O) groups is 1. The van der Waals surface area contributed by atoms with Crippen LogP contribution in [-0.2, 0) is 0 Å². The molecule has 1 saturated heterocycles. The average molecular weight is 447 g/mol. The highest BCUT2D eigenvalue weighted by Crippen LogP contribution is 2.34. The first-order valence-electron chi connectivity index (χ1n) is 12.2. The number of nitrogens with one attached hydrogen (secondary N) is 2. The Hall–Kier alpha value is -2.77. The number of benzene rings is 1. The quantitative estimate of drug-likeness (QED) is 0.628. The normalized spacial score (nSPS) is 21.2. The number of rotatable bonds is 5. The van der Waals surface area contributed by atoms with Crippen LogP contribution in [0.4, 0.5) is 0 Å². The van der Waals surface area contributed by atoms with E-state index in [4.69, 9.17) is 0 Å². The number of fused-ring (bicyclic) bond motifs is 1. The summed E-state index contributed by atoms with van der Waals surface area (Å²) >= 11 is 0. The van der Waals surface area contributed by atoms with Gasteiger partial charge in [0.05, 0.1) is 11.1 Å². The molecule has 0 bridgehead atoms. The number of hydrogen-bond donors (Lipinski definition) is 2. The molecule has 1 saturated carbocycles. The molecule has 0 spiro atoms. The van der Waals surface area contributed by atoms with E-state index in [2.05, 4.69) is 45.4 Å². The van der Waals surface area contributed by atoms with Crippen molar-refractivity contribution in [2.45, 2.75) is 57.5 Å². The van der Waals surface area contributed by atoms with E-state index in [0.29, 0.717) is 24.1 Å². The van der Waals surface area contributed by atoms with Crippen molar-refractivity contribution in [3.63, 3.8) is 0 Å². The number of carbonyl (C=O) groups excluding carboxylic acids is 1. The van der Waals surface area contributed by atoms with Gasteiger partial charge in [-0.3, -0.25) is 14.3 Å². The van der Waals surface area contributed by atoms with Gasteiger partial charge in [0.2, 0.25) is 5.95 Å². The third kappa shape index (κ3) is 4.27. The lowest BCUT2D eigenvalue weighted by Gasteiger charge is -2.49. The smallest absolute Gasteiger partial charge is 0.253 e. The molecule has 33 heavy (non-hydrogen) atoms. The van der Waals surface area contributed by atoms with Gasteiger partial charge in [-0.1, -0.05) is 31.4 Å². The molecule has 1 aliphatic carbocycles. The second-order valence-electron chi connectivity index (χ2n) is 9.70. The van der Waals surface area contributed by atoms with E-state index in [1.165, 1.54) is 19.3 Å². The molecule has 5 rings (SSSR count). The van der Waals surface area contributed by atoms with Gasteiger partial charge >= 0.3 is 0 Å². The second-order valence-corrected chi connectivity index (χ2v) is 9.70. The lowest BCUT2D eigenvalue weighted by atomic mass is 9.79. The van der Waals surface area contributed by atoms with Crippen LogP contribution in [0.25, 0.3) is 16.9 Å². The Morgan fingerprint density at radius 3 is 2.73 bits per heavy atom. The van der Waals surface area contributed by atoms with E-state index in [1.807, 2.05) is 22.9 Å². The lowest BCUT2D eigenvalue weighted by Crippen LogP contribution is -2.63. The summed E-state index contributed by atoms with van der Waals surface area (Å²) < 4.78 is 1.92. The van der Waals surface area contributed by atoms with Gasteiger partial charge in [0.15, 0.2) is 0 Å². The van der Waals surface area contributed by atoms with Gasteiger partial charge in [-0.05, 0) is 44.4 Å². The lowest BCUT2D eigenvalue weighted by molar-refractivity contribution is 0.0273. The molecule has 0 radical (unpaired) electrons. The van der Waals surface area contributed by atoms with Gasteiger partial charge in [-0.25, -0.2) is 9.97 Å². The zero-order chi connectivity index (χ0) is 22.8. The van der Waals surface area contributed by atoms with Crippen LogP contribution in [0.2, 0.25) is 0 Å². The molecule has 174 valence electrons. The molecule has 1 aliphatic heterocycles. The Balaban J connectivity index is 1.44. The third-order valence-corrected chi connectivity index (χ3v) is 7.45. The van der Waals surface area contributed by atoms with Crippen molar-refractivity contribution < 1.29 is 4.79 Å². The summed E-state index contributed by atoms with van der Waals surface area (Å²) in [6, 6.07) is 8.38. The molecule has 7 heteroatoms. The molecule has 3 heterocycles. The van der Waals surface area contributed by atoms with Gasteiger partial charge in [0, 0.05) is 61.7 Å². The Kier molecular flexibility index (Phi) is 6.17. The van der Waals surface area contributed by atoms with E-state index >= 15 is 0 Å². The molecule has 1 unspecified atom stereocenters. The van der Waals surface area contributed by atoms with E-state index in [1.54, 1.807) is 18.5 Å². The molecule has 1 amide bonds. The minimum absolute atomic E-state index is 0.0166. The minimum atomic E-state index is -0.0166. The average Bonchev–Trinajstić information content (AvgIpc) is 3.25. The van der Waals surface area contributed by atoms with E-state index in [9.17, 15) is 4.79 Å². The molecule has 2 fully saturated rings. The van der Waals surface area contributed by atoms with Gasteiger partial charge in [-0.2, -0.15) is 0 Å². The zero-order valence-electron chi connectivity index (χ0n) is 19.7. The van der Waals surface area contributed by atoms with Gasteiger partial charge in [0.1, 0.15) is 0 Å². The highest BCUT2D eigenvalue weighted by atomic mass is 16.1. The maximum atomic E-state index is 13.6. The van der Waals surface area contributed by atoms with Crippen molar-refractivity contribution in [1.29, 1.82) is 0 Å². The van der Waals surface area contributed by atoms with Crippen molar-refractivity contribution in [1.82, 2.24) is 30.1 Å².